The molecule has 1 saturated heterocycles. The number of nitrogens with two attached hydrogens (primary N) is 1. The summed E-state index contributed by atoms with van der Waals surface area (Å²) in [7, 11) is 0. The molecule has 1 heterocycles. The van der Waals surface area contributed by atoms with Gasteiger partial charge in [-0.05, 0) is 25.7 Å². The summed E-state index contributed by atoms with van der Waals surface area (Å²) in [6.45, 7) is 2.55. The molecular weight excluding hydrogens is 216 g/mol. The molecule has 98 valence electrons. The molecule has 17 heavy (non-hydrogen) atoms. The van der Waals surface area contributed by atoms with E-state index in [0.717, 1.165) is 32.1 Å². The molecule has 5 nitrogen and oxygen atoms in total. The minimum atomic E-state index is 0.549. The average Bonchev–Trinajstić information content (AvgIpc) is 2.88. The molecule has 2 rings (SSSR count). The predicted octanol–water partition coefficient (Wildman–Crippen LogP) is 0.764. The first kappa shape index (κ1) is 12.6. The zero-order chi connectivity index (χ0) is 11.9. The fraction of sp³-hybridized carbons (Fsp3) is 0.917. The van der Waals surface area contributed by atoms with Gasteiger partial charge in [-0.15, -0.1) is 0 Å². The zero-order valence-electron chi connectivity index (χ0n) is 10.5. The SMILES string of the molecule is NNC(=NCC1CCCOC1)NC1CCCC1. The van der Waals surface area contributed by atoms with Crippen molar-refractivity contribution in [2.45, 2.75) is 44.6 Å². The Hall–Kier alpha value is -0.810. The summed E-state index contributed by atoms with van der Waals surface area (Å²) in [5.41, 5.74) is 2.67. The minimum absolute atomic E-state index is 0.549. The van der Waals surface area contributed by atoms with Gasteiger partial charge in [0.1, 0.15) is 0 Å². The van der Waals surface area contributed by atoms with E-state index in [1.165, 1.54) is 32.1 Å². The van der Waals surface area contributed by atoms with Crippen molar-refractivity contribution in [3.63, 3.8) is 0 Å². The van der Waals surface area contributed by atoms with Crippen LogP contribution in [0.1, 0.15) is 38.5 Å². The van der Waals surface area contributed by atoms with Crippen LogP contribution in [0, 0.1) is 5.92 Å². The third-order valence-corrected chi connectivity index (χ3v) is 3.59. The molecule has 5 heteroatoms. The molecule has 0 spiro atoms. The molecule has 0 radical (unpaired) electrons. The van der Waals surface area contributed by atoms with E-state index in [4.69, 9.17) is 10.6 Å². The molecule has 1 aliphatic heterocycles. The number of hydrogen-bond donors (Lipinski definition) is 3. The second kappa shape index (κ2) is 6.81. The number of hydrogen-bond acceptors (Lipinski definition) is 3. The Balaban J connectivity index is 1.75. The lowest BCUT2D eigenvalue weighted by atomic mass is 10.0. The van der Waals surface area contributed by atoms with Gasteiger partial charge in [-0.25, -0.2) is 5.84 Å². The molecule has 0 aromatic rings. The van der Waals surface area contributed by atoms with Crippen LogP contribution in [0.4, 0.5) is 0 Å². The normalized spacial score (nSPS) is 27.1. The van der Waals surface area contributed by atoms with Crippen LogP contribution in [0.25, 0.3) is 0 Å². The standard InChI is InChI=1S/C12H24N4O/c13-16-12(15-11-5-1-2-6-11)14-8-10-4-3-7-17-9-10/h10-11H,1-9,13H2,(H2,14,15,16). The van der Waals surface area contributed by atoms with Crippen LogP contribution in [0.15, 0.2) is 4.99 Å². The van der Waals surface area contributed by atoms with Crippen molar-refractivity contribution in [3.8, 4) is 0 Å². The highest BCUT2D eigenvalue weighted by atomic mass is 16.5. The highest BCUT2D eigenvalue weighted by Crippen LogP contribution is 2.17. The Morgan fingerprint density at radius 1 is 1.24 bits per heavy atom. The van der Waals surface area contributed by atoms with Crippen molar-refractivity contribution in [3.05, 3.63) is 0 Å². The van der Waals surface area contributed by atoms with Crippen LogP contribution < -0.4 is 16.6 Å². The second-order valence-electron chi connectivity index (χ2n) is 5.04. The van der Waals surface area contributed by atoms with Gasteiger partial charge in [-0.2, -0.15) is 0 Å². The molecule has 2 fully saturated rings. The molecule has 4 N–H and O–H groups in total. The number of guanidine groups is 1. The third kappa shape index (κ3) is 4.16. The molecule has 1 atom stereocenters. The Bertz CT molecular complexity index is 245. The van der Waals surface area contributed by atoms with Crippen molar-refractivity contribution in [1.82, 2.24) is 10.7 Å². The van der Waals surface area contributed by atoms with Crippen molar-refractivity contribution in [2.75, 3.05) is 19.8 Å². The van der Waals surface area contributed by atoms with Crippen LogP contribution in [-0.4, -0.2) is 31.8 Å². The molecule has 1 saturated carbocycles. The number of hydrazine groups is 1. The van der Waals surface area contributed by atoms with E-state index in [9.17, 15) is 0 Å². The van der Waals surface area contributed by atoms with Gasteiger partial charge in [0.05, 0.1) is 6.61 Å². The van der Waals surface area contributed by atoms with Gasteiger partial charge < -0.3 is 10.1 Å². The van der Waals surface area contributed by atoms with Crippen LogP contribution in [0.3, 0.4) is 0 Å². The van der Waals surface area contributed by atoms with E-state index in [1.54, 1.807) is 0 Å². The zero-order valence-corrected chi connectivity index (χ0v) is 10.5. The Morgan fingerprint density at radius 3 is 2.71 bits per heavy atom. The summed E-state index contributed by atoms with van der Waals surface area (Å²) in [5, 5.41) is 3.38. The average molecular weight is 240 g/mol. The largest absolute Gasteiger partial charge is 0.381 e. The molecule has 1 aliphatic carbocycles. The molecule has 2 aliphatic rings. The maximum absolute atomic E-state index is 5.49. The van der Waals surface area contributed by atoms with Gasteiger partial charge in [0.2, 0.25) is 5.96 Å². The monoisotopic (exact) mass is 240 g/mol. The summed E-state index contributed by atoms with van der Waals surface area (Å²) in [4.78, 5) is 4.52. The van der Waals surface area contributed by atoms with Crippen LogP contribution in [0.5, 0.6) is 0 Å². The fourth-order valence-electron chi connectivity index (χ4n) is 2.57. The Labute approximate surface area is 103 Å². The number of nitrogens with one attached hydrogen (secondary N) is 2. The van der Waals surface area contributed by atoms with E-state index in [2.05, 4.69) is 15.7 Å². The van der Waals surface area contributed by atoms with Crippen LogP contribution in [0.2, 0.25) is 0 Å². The van der Waals surface area contributed by atoms with Crippen molar-refractivity contribution in [2.24, 2.45) is 16.8 Å². The second-order valence-corrected chi connectivity index (χ2v) is 5.04. The number of ether oxygens (including phenoxy) is 1. The van der Waals surface area contributed by atoms with E-state index >= 15 is 0 Å². The number of aliphatic imine (C=N–C) groups is 1. The Morgan fingerprint density at radius 2 is 2.06 bits per heavy atom. The Kier molecular flexibility index (Phi) is 5.07. The van der Waals surface area contributed by atoms with E-state index in [1.807, 2.05) is 0 Å². The molecule has 0 aromatic carbocycles. The minimum Gasteiger partial charge on any atom is -0.381 e. The van der Waals surface area contributed by atoms with Crippen molar-refractivity contribution < 1.29 is 4.74 Å². The third-order valence-electron chi connectivity index (χ3n) is 3.59. The number of rotatable bonds is 3. The molecule has 0 bridgehead atoms. The first-order valence-corrected chi connectivity index (χ1v) is 6.74. The summed E-state index contributed by atoms with van der Waals surface area (Å²) < 4.78 is 5.44. The van der Waals surface area contributed by atoms with Gasteiger partial charge in [0, 0.05) is 25.1 Å². The molecule has 0 aromatic heterocycles. The summed E-state index contributed by atoms with van der Waals surface area (Å²) in [5.74, 6) is 6.78. The highest BCUT2D eigenvalue weighted by molar-refractivity contribution is 5.79. The summed E-state index contributed by atoms with van der Waals surface area (Å²) >= 11 is 0. The van der Waals surface area contributed by atoms with Gasteiger partial charge >= 0.3 is 0 Å². The van der Waals surface area contributed by atoms with Gasteiger partial charge in [-0.3, -0.25) is 10.4 Å². The maximum atomic E-state index is 5.49. The van der Waals surface area contributed by atoms with Gasteiger partial charge in [0.25, 0.3) is 0 Å². The van der Waals surface area contributed by atoms with Crippen molar-refractivity contribution >= 4 is 5.96 Å². The quantitative estimate of drug-likeness (QED) is 0.295. The number of nitrogens with zero attached hydrogens (tertiary/aromatic N) is 1. The van der Waals surface area contributed by atoms with Crippen LogP contribution >= 0.6 is 0 Å². The van der Waals surface area contributed by atoms with Gasteiger partial charge in [-0.1, -0.05) is 12.8 Å². The lowest BCUT2D eigenvalue weighted by Gasteiger charge is -2.21. The fourth-order valence-corrected chi connectivity index (χ4v) is 2.57. The highest BCUT2D eigenvalue weighted by Gasteiger charge is 2.17. The van der Waals surface area contributed by atoms with Crippen LogP contribution in [-0.2, 0) is 4.74 Å². The lowest BCUT2D eigenvalue weighted by Crippen LogP contribution is -2.46. The first-order chi connectivity index (χ1) is 8.38. The summed E-state index contributed by atoms with van der Waals surface area (Å²) in [6.07, 6.45) is 7.45. The maximum Gasteiger partial charge on any atom is 0.205 e. The molecule has 0 amide bonds. The van der Waals surface area contributed by atoms with Crippen molar-refractivity contribution in [1.29, 1.82) is 0 Å². The topological polar surface area (TPSA) is 71.7 Å². The smallest absolute Gasteiger partial charge is 0.205 e. The lowest BCUT2D eigenvalue weighted by molar-refractivity contribution is 0.0582. The molecule has 1 unspecified atom stereocenters. The summed E-state index contributed by atoms with van der Waals surface area (Å²) in [6, 6.07) is 0.549. The molecular formula is C12H24N4O. The first-order valence-electron chi connectivity index (χ1n) is 6.74. The van der Waals surface area contributed by atoms with E-state index in [-0.39, 0.29) is 0 Å². The van der Waals surface area contributed by atoms with Gasteiger partial charge in [0.15, 0.2) is 0 Å². The predicted molar refractivity (Wildman–Crippen MR) is 68.6 cm³/mol. The van der Waals surface area contributed by atoms with E-state index < -0.39 is 0 Å². The van der Waals surface area contributed by atoms with E-state index in [0.29, 0.717) is 12.0 Å².